The molecular weight excluding hydrogens is 688 g/mol. The molecule has 0 bridgehead atoms. The van der Waals surface area contributed by atoms with E-state index < -0.39 is 119 Å². The quantitative estimate of drug-likeness (QED) is 0.0851. The molecule has 6 atom stereocenters. The number of carbonyl (C=O) groups is 4. The zero-order chi connectivity index (χ0) is 36.2. The lowest BCUT2D eigenvalue weighted by atomic mass is 9.72. The second-order valence-electron chi connectivity index (χ2n) is 13.0. The predicted octanol–water partition coefficient (Wildman–Crippen LogP) is 1.21. The first-order valence-corrected chi connectivity index (χ1v) is 15.2. The van der Waals surface area contributed by atoms with Gasteiger partial charge in [-0.1, -0.05) is 12.1 Å². The fourth-order valence-electron chi connectivity index (χ4n) is 6.34. The van der Waals surface area contributed by atoms with Gasteiger partial charge in [-0.2, -0.15) is 0 Å². The number of benzene rings is 2. The molecule has 1 fully saturated rings. The number of phenolic OH excluding ortho intramolecular Hbond substituents is 2. The lowest BCUT2D eigenvalue weighted by molar-refractivity contribution is -0.760. The van der Waals surface area contributed by atoms with E-state index in [9.17, 15) is 49.7 Å². The number of fused-ring (bicyclic) bond motifs is 3. The fraction of sp³-hybridized carbons (Fsp3) is 0.500. The predicted molar refractivity (Wildman–Crippen MR) is 170 cm³/mol. The van der Waals surface area contributed by atoms with Crippen LogP contribution in [0.3, 0.4) is 0 Å². The maximum atomic E-state index is 13.8. The number of ether oxygens (including phenoxy) is 4. The van der Waals surface area contributed by atoms with E-state index >= 15 is 0 Å². The van der Waals surface area contributed by atoms with Gasteiger partial charge in [-0.3, -0.25) is 19.2 Å². The molecule has 1 saturated heterocycles. The Bertz CT molecular complexity index is 1730. The summed E-state index contributed by atoms with van der Waals surface area (Å²) >= 11 is 0. The summed E-state index contributed by atoms with van der Waals surface area (Å²) in [5.74, 6) is -5.30. The average molecular weight is 725 g/mol. The zero-order valence-electron chi connectivity index (χ0n) is 27.4. The molecule has 1 heterocycles. The normalized spacial score (nSPS) is 25.7. The van der Waals surface area contributed by atoms with Crippen molar-refractivity contribution < 1.29 is 68.5 Å². The fourth-order valence-corrected chi connectivity index (χ4v) is 6.34. The molecule has 5 rings (SSSR count). The molecule has 17 nitrogen and oxygen atoms in total. The number of phenols is 2. The van der Waals surface area contributed by atoms with E-state index in [0.29, 0.717) is 0 Å². The maximum absolute atomic E-state index is 13.8. The summed E-state index contributed by atoms with van der Waals surface area (Å²) in [5, 5.41) is 54.8. The van der Waals surface area contributed by atoms with Gasteiger partial charge in [0.1, 0.15) is 29.5 Å². The highest BCUT2D eigenvalue weighted by molar-refractivity contribution is 6.31. The van der Waals surface area contributed by atoms with Crippen LogP contribution in [0.2, 0.25) is 0 Å². The van der Waals surface area contributed by atoms with Crippen molar-refractivity contribution in [1.82, 2.24) is 0 Å². The number of nitrogens with two attached hydrogens (primary N) is 1. The Kier molecular flexibility index (Phi) is 10.8. The van der Waals surface area contributed by atoms with Gasteiger partial charge in [0.15, 0.2) is 18.7 Å². The largest absolute Gasteiger partial charge is 0.507 e. The summed E-state index contributed by atoms with van der Waals surface area (Å²) in [5.41, 5.74) is 0.172. The summed E-state index contributed by atoms with van der Waals surface area (Å²) in [6, 6.07) is 3.44. The van der Waals surface area contributed by atoms with Gasteiger partial charge < -0.3 is 49.9 Å². The van der Waals surface area contributed by atoms with Crippen LogP contribution in [0.15, 0.2) is 18.2 Å². The Labute approximate surface area is 290 Å². The number of ketones is 3. The molecule has 2 aromatic rings. The third kappa shape index (κ3) is 6.71. The number of esters is 1. The second-order valence-corrected chi connectivity index (χ2v) is 13.0. The number of Topliss-reactive ketones (excluding diaryl/α,β-unsaturated/α-hetero) is 1. The molecule has 0 radical (unpaired) electrons. The highest BCUT2D eigenvalue weighted by Crippen LogP contribution is 2.52. The van der Waals surface area contributed by atoms with E-state index in [0.717, 1.165) is 0 Å². The minimum atomic E-state index is -2.46. The van der Waals surface area contributed by atoms with Crippen molar-refractivity contribution >= 4 is 35.7 Å². The number of carbonyl (C=O) groups excluding carboxylic acids is 4. The summed E-state index contributed by atoms with van der Waals surface area (Å²) in [7, 11) is 1.29. The summed E-state index contributed by atoms with van der Waals surface area (Å²) in [6.07, 6.45) is -5.92. The first kappa shape index (κ1) is 38.4. The average Bonchev–Trinajstić information content (AvgIpc) is 3.04. The molecular formula is C32H37ClN2O15. The van der Waals surface area contributed by atoms with Gasteiger partial charge in [-0.05, 0) is 26.8 Å². The topological polar surface area (TPSA) is 265 Å². The van der Waals surface area contributed by atoms with Crippen LogP contribution in [-0.2, 0) is 35.1 Å². The van der Waals surface area contributed by atoms with Gasteiger partial charge in [0.25, 0.3) is 5.09 Å². The molecule has 3 aliphatic rings. The van der Waals surface area contributed by atoms with E-state index in [2.05, 4.69) is 4.84 Å². The monoisotopic (exact) mass is 724 g/mol. The number of hydrogen-bond donors (Lipinski definition) is 5. The molecule has 0 spiro atoms. The van der Waals surface area contributed by atoms with E-state index in [4.69, 9.17) is 24.7 Å². The number of aliphatic hydroxyl groups excluding tert-OH is 1. The Hall–Kier alpha value is -4.39. The number of rotatable bonds is 10. The minimum absolute atomic E-state index is 0. The van der Waals surface area contributed by atoms with Crippen molar-refractivity contribution in [2.24, 2.45) is 11.1 Å². The molecule has 50 heavy (non-hydrogen) atoms. The number of hydrogen-bond acceptors (Lipinski definition) is 16. The minimum Gasteiger partial charge on any atom is -0.507 e. The van der Waals surface area contributed by atoms with Crippen molar-refractivity contribution in [2.75, 3.05) is 20.3 Å². The van der Waals surface area contributed by atoms with Crippen LogP contribution in [0.1, 0.15) is 82.7 Å². The highest BCUT2D eigenvalue weighted by Gasteiger charge is 2.51. The van der Waals surface area contributed by atoms with Crippen LogP contribution in [0.25, 0.3) is 0 Å². The third-order valence-electron chi connectivity index (χ3n) is 9.08. The first-order valence-electron chi connectivity index (χ1n) is 15.2. The first-order chi connectivity index (χ1) is 22.9. The third-order valence-corrected chi connectivity index (χ3v) is 9.08. The number of halogens is 1. The van der Waals surface area contributed by atoms with Gasteiger partial charge in [-0.15, -0.1) is 22.5 Å². The van der Waals surface area contributed by atoms with Crippen molar-refractivity contribution in [3.8, 4) is 17.2 Å². The molecule has 0 saturated carbocycles. The standard InChI is InChI=1S/C32H36N2O15.ClH/c1-13-25(36)16(33)8-20(48-13)49-18-10-32(42,19(35)11-46-30(41)31(2,3)12-47-34(43)44)9-15-22(18)29(40)24-23(27(15)38)26(37)14-6-5-7-17(45-4)21(14)28(24)39;/h5-7,13,16,18,20,25,36,38,40,42H,8-12,33H2,1-4H3;1H/t13-,16-,18-,20-,25+,32-;/m0./s1. The Balaban J connectivity index is 0.00000562. The van der Waals surface area contributed by atoms with Crippen molar-refractivity contribution in [3.05, 3.63) is 61.7 Å². The lowest BCUT2D eigenvalue weighted by Crippen LogP contribution is -2.53. The van der Waals surface area contributed by atoms with Gasteiger partial charge in [-0.25, -0.2) is 0 Å². The number of methoxy groups -OCH3 is 1. The molecule has 272 valence electrons. The molecule has 1 aliphatic heterocycles. The lowest BCUT2D eigenvalue weighted by Gasteiger charge is -2.42. The van der Waals surface area contributed by atoms with Crippen LogP contribution in [0.4, 0.5) is 0 Å². The molecule has 6 N–H and O–H groups in total. The summed E-state index contributed by atoms with van der Waals surface area (Å²) in [4.78, 5) is 68.7. The van der Waals surface area contributed by atoms with Gasteiger partial charge in [0.05, 0.1) is 47.5 Å². The molecule has 0 aromatic heterocycles. The molecule has 18 heteroatoms. The van der Waals surface area contributed by atoms with E-state index in [1.54, 1.807) is 0 Å². The number of aromatic hydroxyl groups is 2. The second kappa shape index (κ2) is 14.1. The Morgan fingerprint density at radius 2 is 1.80 bits per heavy atom. The summed E-state index contributed by atoms with van der Waals surface area (Å²) < 4.78 is 22.2. The maximum Gasteiger partial charge on any atom is 0.313 e. The van der Waals surface area contributed by atoms with E-state index in [1.807, 2.05) is 0 Å². The van der Waals surface area contributed by atoms with Crippen LogP contribution in [-0.4, -0.2) is 99.3 Å². The van der Waals surface area contributed by atoms with Crippen molar-refractivity contribution in [1.29, 1.82) is 0 Å². The summed E-state index contributed by atoms with van der Waals surface area (Å²) in [6.45, 7) is 2.39. The Morgan fingerprint density at radius 1 is 1.14 bits per heavy atom. The van der Waals surface area contributed by atoms with Crippen LogP contribution in [0.5, 0.6) is 17.2 Å². The van der Waals surface area contributed by atoms with Crippen molar-refractivity contribution in [3.63, 3.8) is 0 Å². The Morgan fingerprint density at radius 3 is 2.42 bits per heavy atom. The van der Waals surface area contributed by atoms with Crippen LogP contribution < -0.4 is 10.5 Å². The van der Waals surface area contributed by atoms with E-state index in [1.165, 1.54) is 46.1 Å². The van der Waals surface area contributed by atoms with Crippen LogP contribution >= 0.6 is 12.4 Å². The smallest absolute Gasteiger partial charge is 0.313 e. The highest BCUT2D eigenvalue weighted by atomic mass is 35.5. The van der Waals surface area contributed by atoms with Crippen LogP contribution in [0, 0.1) is 15.5 Å². The molecule has 2 aliphatic carbocycles. The number of nitrogens with zero attached hydrogens (tertiary/aromatic N) is 1. The zero-order valence-corrected chi connectivity index (χ0v) is 28.2. The van der Waals surface area contributed by atoms with Gasteiger partial charge >= 0.3 is 5.97 Å². The molecule has 2 aromatic carbocycles. The SMILES string of the molecule is COc1cccc2c1C(=O)c1c(O)c3c(c(O)c1C2=O)C[C@@](O)(C(=O)COC(=O)C(C)(C)CO[N+](=O)[O-])C[C@@H]3O[C@H]1C[C@H](N)[C@H](O)[C@H](C)O1.Cl. The van der Waals surface area contributed by atoms with Gasteiger partial charge in [0.2, 0.25) is 11.6 Å². The van der Waals surface area contributed by atoms with Gasteiger partial charge in [0, 0.05) is 42.0 Å². The molecule has 0 unspecified atom stereocenters. The van der Waals surface area contributed by atoms with E-state index in [-0.39, 0.29) is 46.8 Å². The van der Waals surface area contributed by atoms with Crippen molar-refractivity contribution in [2.45, 2.75) is 76.3 Å². The number of aliphatic hydroxyl groups is 2. The molecule has 0 amide bonds.